The second-order valence-electron chi connectivity index (χ2n) is 5.29. The molecule has 1 saturated carbocycles. The molecule has 1 unspecified atom stereocenters. The van der Waals surface area contributed by atoms with Crippen molar-refractivity contribution < 1.29 is 4.74 Å². The van der Waals surface area contributed by atoms with Crippen molar-refractivity contribution in [2.45, 2.75) is 44.1 Å². The van der Waals surface area contributed by atoms with E-state index in [-0.39, 0.29) is 11.5 Å². The molecule has 1 aliphatic carbocycles. The van der Waals surface area contributed by atoms with E-state index in [2.05, 4.69) is 31.2 Å². The lowest BCUT2D eigenvalue weighted by Crippen LogP contribution is -2.41. The zero-order chi connectivity index (χ0) is 12.3. The Morgan fingerprint density at radius 3 is 2.71 bits per heavy atom. The third-order valence-corrected chi connectivity index (χ3v) is 4.17. The van der Waals surface area contributed by atoms with Crippen LogP contribution in [0.15, 0.2) is 24.3 Å². The van der Waals surface area contributed by atoms with Gasteiger partial charge < -0.3 is 10.5 Å². The monoisotopic (exact) mass is 233 g/mol. The molecule has 0 saturated heterocycles. The third-order valence-electron chi connectivity index (χ3n) is 4.17. The van der Waals surface area contributed by atoms with Crippen LogP contribution >= 0.6 is 0 Å². The highest BCUT2D eigenvalue weighted by Gasteiger charge is 2.37. The minimum atomic E-state index is 0.270. The van der Waals surface area contributed by atoms with Gasteiger partial charge in [-0.05, 0) is 37.3 Å². The fraction of sp³-hybridized carbons (Fsp3) is 0.600. The van der Waals surface area contributed by atoms with Gasteiger partial charge in [-0.15, -0.1) is 0 Å². The first-order chi connectivity index (χ1) is 8.20. The van der Waals surface area contributed by atoms with Crippen molar-refractivity contribution in [1.29, 1.82) is 0 Å². The molecular weight excluding hydrogens is 210 g/mol. The summed E-state index contributed by atoms with van der Waals surface area (Å²) >= 11 is 0. The number of hydrogen-bond donors (Lipinski definition) is 1. The number of ether oxygens (including phenoxy) is 1. The van der Waals surface area contributed by atoms with Crippen molar-refractivity contribution in [2.24, 2.45) is 5.73 Å². The Kier molecular flexibility index (Phi) is 3.85. The maximum atomic E-state index is 5.95. The Bertz CT molecular complexity index is 365. The number of rotatable bonds is 5. The summed E-state index contributed by atoms with van der Waals surface area (Å²) in [6.45, 7) is 2.88. The van der Waals surface area contributed by atoms with Crippen LogP contribution < -0.4 is 5.73 Å². The lowest BCUT2D eigenvalue weighted by Gasteiger charge is -2.41. The molecule has 17 heavy (non-hydrogen) atoms. The quantitative estimate of drug-likeness (QED) is 0.848. The van der Waals surface area contributed by atoms with Gasteiger partial charge >= 0.3 is 0 Å². The summed E-state index contributed by atoms with van der Waals surface area (Å²) in [6, 6.07) is 8.89. The van der Waals surface area contributed by atoms with Gasteiger partial charge in [-0.2, -0.15) is 0 Å². The van der Waals surface area contributed by atoms with Crippen molar-refractivity contribution in [2.75, 3.05) is 13.7 Å². The Hall–Kier alpha value is -0.860. The second-order valence-corrected chi connectivity index (χ2v) is 5.29. The molecule has 0 aromatic heterocycles. The molecule has 2 rings (SSSR count). The molecule has 0 heterocycles. The zero-order valence-corrected chi connectivity index (χ0v) is 10.9. The van der Waals surface area contributed by atoms with Gasteiger partial charge in [0.15, 0.2) is 0 Å². The lowest BCUT2D eigenvalue weighted by molar-refractivity contribution is 0.118. The Labute approximate surface area is 104 Å². The molecule has 1 aliphatic rings. The predicted octanol–water partition coefficient (Wildman–Crippen LogP) is 2.64. The summed E-state index contributed by atoms with van der Waals surface area (Å²) in [4.78, 5) is 0. The lowest BCUT2D eigenvalue weighted by atomic mass is 9.64. The van der Waals surface area contributed by atoms with Crippen molar-refractivity contribution in [3.63, 3.8) is 0 Å². The average molecular weight is 233 g/mol. The van der Waals surface area contributed by atoms with Crippen LogP contribution in [-0.4, -0.2) is 19.8 Å². The number of methoxy groups -OCH3 is 1. The van der Waals surface area contributed by atoms with E-state index < -0.39 is 0 Å². The minimum absolute atomic E-state index is 0.270. The van der Waals surface area contributed by atoms with E-state index >= 15 is 0 Å². The van der Waals surface area contributed by atoms with E-state index in [0.717, 1.165) is 13.0 Å². The first-order valence-electron chi connectivity index (χ1n) is 6.52. The molecular formula is C15H23NO. The van der Waals surface area contributed by atoms with Gasteiger partial charge in [-0.1, -0.05) is 30.7 Å². The molecule has 0 spiro atoms. The van der Waals surface area contributed by atoms with Crippen LogP contribution in [0.25, 0.3) is 0 Å². The SMILES string of the molecule is COC(C)Cc1cccc(C2(CN)CCC2)c1. The molecule has 0 bridgehead atoms. The summed E-state index contributed by atoms with van der Waals surface area (Å²) in [6.07, 6.45) is 5.06. The van der Waals surface area contributed by atoms with Crippen LogP contribution in [0.3, 0.4) is 0 Å². The van der Waals surface area contributed by atoms with Crippen LogP contribution in [-0.2, 0) is 16.6 Å². The van der Waals surface area contributed by atoms with Gasteiger partial charge in [0.2, 0.25) is 0 Å². The van der Waals surface area contributed by atoms with Gasteiger partial charge in [0, 0.05) is 19.1 Å². The van der Waals surface area contributed by atoms with E-state index in [1.54, 1.807) is 7.11 Å². The third kappa shape index (κ3) is 2.53. The van der Waals surface area contributed by atoms with Crippen molar-refractivity contribution in [1.82, 2.24) is 0 Å². The average Bonchev–Trinajstić information content (AvgIpc) is 2.29. The summed E-state index contributed by atoms with van der Waals surface area (Å²) in [7, 11) is 1.77. The highest BCUT2D eigenvalue weighted by atomic mass is 16.5. The van der Waals surface area contributed by atoms with Crippen molar-refractivity contribution >= 4 is 0 Å². The van der Waals surface area contributed by atoms with Crippen LogP contribution in [0.2, 0.25) is 0 Å². The molecule has 0 radical (unpaired) electrons. The molecule has 0 aliphatic heterocycles. The van der Waals surface area contributed by atoms with Gasteiger partial charge in [-0.25, -0.2) is 0 Å². The van der Waals surface area contributed by atoms with Crippen molar-refractivity contribution in [3.05, 3.63) is 35.4 Å². The first-order valence-corrected chi connectivity index (χ1v) is 6.52. The predicted molar refractivity (Wildman–Crippen MR) is 71.2 cm³/mol. The molecule has 1 atom stereocenters. The van der Waals surface area contributed by atoms with Crippen molar-refractivity contribution in [3.8, 4) is 0 Å². The molecule has 94 valence electrons. The fourth-order valence-electron chi connectivity index (χ4n) is 2.66. The largest absolute Gasteiger partial charge is 0.381 e. The molecule has 2 nitrogen and oxygen atoms in total. The van der Waals surface area contributed by atoms with Gasteiger partial charge in [-0.3, -0.25) is 0 Å². The topological polar surface area (TPSA) is 35.2 Å². The van der Waals surface area contributed by atoms with E-state index in [9.17, 15) is 0 Å². The maximum Gasteiger partial charge on any atom is 0.0583 e. The minimum Gasteiger partial charge on any atom is -0.381 e. The Morgan fingerprint density at radius 1 is 1.41 bits per heavy atom. The number of nitrogens with two attached hydrogens (primary N) is 1. The van der Waals surface area contributed by atoms with E-state index in [1.807, 2.05) is 0 Å². The Balaban J connectivity index is 2.16. The smallest absolute Gasteiger partial charge is 0.0583 e. The first kappa shape index (κ1) is 12.6. The van der Waals surface area contributed by atoms with Gasteiger partial charge in [0.1, 0.15) is 0 Å². The van der Waals surface area contributed by atoms with Crippen LogP contribution in [0.4, 0.5) is 0 Å². The molecule has 2 heteroatoms. The Morgan fingerprint density at radius 2 is 2.18 bits per heavy atom. The van der Waals surface area contributed by atoms with Crippen LogP contribution in [0.1, 0.15) is 37.3 Å². The zero-order valence-electron chi connectivity index (χ0n) is 10.9. The molecule has 0 amide bonds. The van der Waals surface area contributed by atoms with E-state index in [4.69, 9.17) is 10.5 Å². The fourth-order valence-corrected chi connectivity index (χ4v) is 2.66. The summed E-state index contributed by atoms with van der Waals surface area (Å²) in [5.41, 5.74) is 9.00. The van der Waals surface area contributed by atoms with E-state index in [0.29, 0.717) is 0 Å². The standard InChI is InChI=1S/C15H23NO/c1-12(17-2)9-13-5-3-6-14(10-13)15(11-16)7-4-8-15/h3,5-6,10,12H,4,7-9,11,16H2,1-2H3. The maximum absolute atomic E-state index is 5.95. The van der Waals surface area contributed by atoms with Gasteiger partial charge in [0.25, 0.3) is 0 Å². The summed E-state index contributed by atoms with van der Waals surface area (Å²) < 4.78 is 5.32. The molecule has 1 aromatic carbocycles. The molecule has 1 aromatic rings. The number of hydrogen-bond acceptors (Lipinski definition) is 2. The normalized spacial score (nSPS) is 19.7. The highest BCUT2D eigenvalue weighted by molar-refractivity contribution is 5.33. The van der Waals surface area contributed by atoms with Crippen LogP contribution in [0.5, 0.6) is 0 Å². The van der Waals surface area contributed by atoms with Crippen LogP contribution in [0, 0.1) is 0 Å². The van der Waals surface area contributed by atoms with E-state index in [1.165, 1.54) is 30.4 Å². The number of benzene rings is 1. The summed E-state index contributed by atoms with van der Waals surface area (Å²) in [5, 5.41) is 0. The summed E-state index contributed by atoms with van der Waals surface area (Å²) in [5.74, 6) is 0. The van der Waals surface area contributed by atoms with Gasteiger partial charge in [0.05, 0.1) is 6.10 Å². The molecule has 2 N–H and O–H groups in total. The molecule has 1 fully saturated rings. The second kappa shape index (κ2) is 5.19. The highest BCUT2D eigenvalue weighted by Crippen LogP contribution is 2.42.